The van der Waals surface area contributed by atoms with Gasteiger partial charge in [-0.25, -0.2) is 0 Å². The summed E-state index contributed by atoms with van der Waals surface area (Å²) in [5.41, 5.74) is 4.77. The molecule has 0 aliphatic carbocycles. The summed E-state index contributed by atoms with van der Waals surface area (Å²) >= 11 is 13.5. The lowest BCUT2D eigenvalue weighted by Crippen LogP contribution is -1.75. The fraction of sp³-hybridized carbons (Fsp3) is 0. The van der Waals surface area contributed by atoms with Crippen LogP contribution in [0.4, 0.5) is 0 Å². The van der Waals surface area contributed by atoms with E-state index in [1.807, 2.05) is 36.5 Å². The van der Waals surface area contributed by atoms with Crippen LogP contribution in [-0.4, -0.2) is 15.2 Å². The highest BCUT2D eigenvalue weighted by Crippen LogP contribution is 2.38. The van der Waals surface area contributed by atoms with E-state index >= 15 is 0 Å². The number of aromatic nitrogens is 3. The van der Waals surface area contributed by atoms with Crippen LogP contribution < -0.4 is 0 Å². The van der Waals surface area contributed by atoms with Gasteiger partial charge in [0, 0.05) is 28.2 Å². The fourth-order valence-corrected chi connectivity index (χ4v) is 3.90. The summed E-state index contributed by atoms with van der Waals surface area (Å²) in [6.07, 6.45) is 1.97. The van der Waals surface area contributed by atoms with E-state index in [1.165, 1.54) is 11.3 Å². The number of nitrogens with one attached hydrogen (secondary N) is 2. The Labute approximate surface area is 134 Å². The van der Waals surface area contributed by atoms with Gasteiger partial charge in [-0.1, -0.05) is 41.4 Å². The summed E-state index contributed by atoms with van der Waals surface area (Å²) in [4.78, 5) is 3.25. The molecule has 3 nitrogen and oxygen atoms in total. The Hall–Kier alpha value is -1.75. The van der Waals surface area contributed by atoms with Crippen LogP contribution in [0.25, 0.3) is 33.4 Å². The van der Waals surface area contributed by atoms with E-state index in [0.29, 0.717) is 8.67 Å². The van der Waals surface area contributed by atoms with Crippen LogP contribution in [0.5, 0.6) is 0 Å². The Morgan fingerprint density at radius 1 is 1.05 bits per heavy atom. The van der Waals surface area contributed by atoms with Crippen LogP contribution in [0, 0.1) is 0 Å². The minimum absolute atomic E-state index is 0.661. The molecular weight excluding hydrogens is 325 g/mol. The Morgan fingerprint density at radius 2 is 1.90 bits per heavy atom. The van der Waals surface area contributed by atoms with Crippen molar-refractivity contribution in [2.75, 3.05) is 0 Å². The number of halogens is 2. The molecule has 4 aromatic rings. The second-order valence-electron chi connectivity index (χ2n) is 4.65. The molecule has 0 saturated heterocycles. The highest BCUT2D eigenvalue weighted by atomic mass is 35.5. The third kappa shape index (κ3) is 2.16. The van der Waals surface area contributed by atoms with Crippen molar-refractivity contribution in [2.45, 2.75) is 0 Å². The maximum absolute atomic E-state index is 6.19. The van der Waals surface area contributed by atoms with Gasteiger partial charge in [-0.2, -0.15) is 5.10 Å². The largest absolute Gasteiger partial charge is 0.360 e. The maximum Gasteiger partial charge on any atom is 0.104 e. The summed E-state index contributed by atoms with van der Waals surface area (Å²) in [6, 6.07) is 12.0. The average molecular weight is 334 g/mol. The number of thiophene rings is 1. The van der Waals surface area contributed by atoms with E-state index in [1.54, 1.807) is 0 Å². The molecule has 4 rings (SSSR count). The van der Waals surface area contributed by atoms with E-state index in [9.17, 15) is 0 Å². The molecule has 6 heteroatoms. The number of H-pyrrole nitrogens is 2. The predicted molar refractivity (Wildman–Crippen MR) is 89.2 cm³/mol. The molecule has 0 bridgehead atoms. The Morgan fingerprint density at radius 3 is 2.71 bits per heavy atom. The minimum Gasteiger partial charge on any atom is -0.360 e. The molecule has 21 heavy (non-hydrogen) atoms. The van der Waals surface area contributed by atoms with Gasteiger partial charge in [-0.15, -0.1) is 11.3 Å². The van der Waals surface area contributed by atoms with Crippen molar-refractivity contribution in [1.82, 2.24) is 15.2 Å². The summed E-state index contributed by atoms with van der Waals surface area (Å²) in [7, 11) is 0. The highest BCUT2D eigenvalue weighted by molar-refractivity contribution is 7.20. The van der Waals surface area contributed by atoms with Gasteiger partial charge in [0.25, 0.3) is 0 Å². The quantitative estimate of drug-likeness (QED) is 0.493. The summed E-state index contributed by atoms with van der Waals surface area (Å²) in [5, 5.41) is 8.57. The Kier molecular flexibility index (Phi) is 3.03. The zero-order valence-corrected chi connectivity index (χ0v) is 13.0. The van der Waals surface area contributed by atoms with Gasteiger partial charge in [0.05, 0.1) is 15.7 Å². The van der Waals surface area contributed by atoms with Crippen LogP contribution in [-0.2, 0) is 0 Å². The number of para-hydroxylation sites is 1. The van der Waals surface area contributed by atoms with E-state index in [2.05, 4.69) is 21.2 Å². The lowest BCUT2D eigenvalue weighted by Gasteiger charge is -1.93. The number of benzene rings is 1. The normalized spacial score (nSPS) is 11.3. The molecule has 1 aromatic carbocycles. The predicted octanol–water partition coefficient (Wildman–Crippen LogP) is 5.59. The van der Waals surface area contributed by atoms with Crippen LogP contribution in [0.15, 0.2) is 42.6 Å². The molecule has 0 amide bonds. The second-order valence-corrected chi connectivity index (χ2v) is 6.94. The molecule has 104 valence electrons. The van der Waals surface area contributed by atoms with Crippen LogP contribution in [0.1, 0.15) is 0 Å². The molecule has 0 atom stereocenters. The molecule has 0 saturated carbocycles. The number of aromatic amines is 2. The summed E-state index contributed by atoms with van der Waals surface area (Å²) in [6.45, 7) is 0. The van der Waals surface area contributed by atoms with E-state index < -0.39 is 0 Å². The SMILES string of the molecule is Clc1cc(-c2cc(-c3c[nH]c4ccccc34)n[nH]2)c(Cl)s1. The van der Waals surface area contributed by atoms with Gasteiger partial charge in [0.15, 0.2) is 0 Å². The molecule has 3 heterocycles. The maximum atomic E-state index is 6.19. The molecule has 0 unspecified atom stereocenters. The molecule has 0 aliphatic rings. The first-order valence-corrected chi connectivity index (χ1v) is 7.87. The first kappa shape index (κ1) is 13.0. The summed E-state index contributed by atoms with van der Waals surface area (Å²) in [5.74, 6) is 0. The Bertz CT molecular complexity index is 935. The van der Waals surface area contributed by atoms with Gasteiger partial charge < -0.3 is 4.98 Å². The van der Waals surface area contributed by atoms with Crippen molar-refractivity contribution in [3.8, 4) is 22.5 Å². The van der Waals surface area contributed by atoms with Gasteiger partial charge in [0.1, 0.15) is 4.34 Å². The lowest BCUT2D eigenvalue weighted by molar-refractivity contribution is 1.10. The molecule has 0 fully saturated rings. The molecule has 0 radical (unpaired) electrons. The van der Waals surface area contributed by atoms with Crippen molar-refractivity contribution in [1.29, 1.82) is 0 Å². The molecule has 0 aliphatic heterocycles. The zero-order valence-electron chi connectivity index (χ0n) is 10.7. The van der Waals surface area contributed by atoms with Crippen molar-refractivity contribution in [3.05, 3.63) is 51.3 Å². The van der Waals surface area contributed by atoms with Crippen LogP contribution in [0.3, 0.4) is 0 Å². The fourth-order valence-electron chi connectivity index (χ4n) is 2.41. The number of rotatable bonds is 2. The first-order valence-electron chi connectivity index (χ1n) is 6.29. The lowest BCUT2D eigenvalue weighted by atomic mass is 10.1. The molecule has 3 aromatic heterocycles. The van der Waals surface area contributed by atoms with E-state index in [0.717, 1.165) is 33.4 Å². The van der Waals surface area contributed by atoms with Gasteiger partial charge in [-0.05, 0) is 18.2 Å². The van der Waals surface area contributed by atoms with Gasteiger partial charge >= 0.3 is 0 Å². The van der Waals surface area contributed by atoms with Gasteiger partial charge in [-0.3, -0.25) is 5.10 Å². The molecular formula is C15H9Cl2N3S. The molecule has 0 spiro atoms. The monoisotopic (exact) mass is 333 g/mol. The van der Waals surface area contributed by atoms with E-state index in [-0.39, 0.29) is 0 Å². The standard InChI is InChI=1S/C15H9Cl2N3S/c16-14-5-9(15(17)21-14)12-6-13(20-19-12)10-7-18-11-4-2-1-3-8(10)11/h1-7,18H,(H,19,20). The van der Waals surface area contributed by atoms with Crippen molar-refractivity contribution >= 4 is 45.4 Å². The number of hydrogen-bond acceptors (Lipinski definition) is 2. The third-order valence-electron chi connectivity index (χ3n) is 3.39. The smallest absolute Gasteiger partial charge is 0.104 e. The minimum atomic E-state index is 0.661. The third-order valence-corrected chi connectivity index (χ3v) is 4.88. The van der Waals surface area contributed by atoms with Crippen LogP contribution in [0.2, 0.25) is 8.67 Å². The van der Waals surface area contributed by atoms with Gasteiger partial charge in [0.2, 0.25) is 0 Å². The number of fused-ring (bicyclic) bond motifs is 1. The number of nitrogens with zero attached hydrogens (tertiary/aromatic N) is 1. The zero-order chi connectivity index (χ0) is 14.4. The number of hydrogen-bond donors (Lipinski definition) is 2. The summed E-state index contributed by atoms with van der Waals surface area (Å²) < 4.78 is 1.33. The molecule has 2 N–H and O–H groups in total. The average Bonchev–Trinajstić information content (AvgIpc) is 3.16. The Balaban J connectivity index is 1.83. The second kappa shape index (κ2) is 4.91. The van der Waals surface area contributed by atoms with Crippen molar-refractivity contribution < 1.29 is 0 Å². The van der Waals surface area contributed by atoms with Crippen LogP contribution >= 0.6 is 34.5 Å². The highest BCUT2D eigenvalue weighted by Gasteiger charge is 2.14. The topological polar surface area (TPSA) is 44.5 Å². The van der Waals surface area contributed by atoms with Crippen molar-refractivity contribution in [3.63, 3.8) is 0 Å². The van der Waals surface area contributed by atoms with Crippen molar-refractivity contribution in [2.24, 2.45) is 0 Å². The first-order chi connectivity index (χ1) is 10.2. The van der Waals surface area contributed by atoms with E-state index in [4.69, 9.17) is 23.2 Å².